The predicted octanol–water partition coefficient (Wildman–Crippen LogP) is 3.91. The molecule has 0 spiro atoms. The first-order valence-electron chi connectivity index (χ1n) is 13.0. The van der Waals surface area contributed by atoms with Crippen LogP contribution in [0.2, 0.25) is 0 Å². The van der Waals surface area contributed by atoms with Crippen LogP contribution in [-0.4, -0.2) is 55.0 Å². The van der Waals surface area contributed by atoms with Crippen LogP contribution < -0.4 is 16.0 Å². The van der Waals surface area contributed by atoms with Gasteiger partial charge in [-0.25, -0.2) is 0 Å². The molecule has 1 atom stereocenters. The Morgan fingerprint density at radius 3 is 2.40 bits per heavy atom. The molecule has 8 heteroatoms. The molecule has 1 fully saturated rings. The van der Waals surface area contributed by atoms with E-state index in [1.54, 1.807) is 0 Å². The van der Waals surface area contributed by atoms with Crippen molar-refractivity contribution in [1.29, 1.82) is 0 Å². The van der Waals surface area contributed by atoms with E-state index in [0.29, 0.717) is 38.0 Å². The van der Waals surface area contributed by atoms with Crippen LogP contribution >= 0.6 is 11.8 Å². The van der Waals surface area contributed by atoms with E-state index < -0.39 is 5.54 Å². The molecule has 0 bridgehead atoms. The summed E-state index contributed by atoms with van der Waals surface area (Å²) in [5.41, 5.74) is 0.645. The van der Waals surface area contributed by atoms with Crippen LogP contribution in [0.5, 0.6) is 0 Å². The van der Waals surface area contributed by atoms with Crippen molar-refractivity contribution in [3.8, 4) is 0 Å². The van der Waals surface area contributed by atoms with E-state index in [9.17, 15) is 14.4 Å². The molecule has 1 aromatic rings. The third-order valence-electron chi connectivity index (χ3n) is 6.43. The lowest BCUT2D eigenvalue weighted by molar-refractivity contribution is -0.123. The van der Waals surface area contributed by atoms with E-state index in [1.807, 2.05) is 44.2 Å². The van der Waals surface area contributed by atoms with Crippen molar-refractivity contribution in [2.24, 2.45) is 0 Å². The van der Waals surface area contributed by atoms with Crippen molar-refractivity contribution in [3.63, 3.8) is 0 Å². The third-order valence-corrected chi connectivity index (χ3v) is 7.48. The molecular weight excluding hydrogens is 462 g/mol. The van der Waals surface area contributed by atoms with Crippen LogP contribution in [0.1, 0.15) is 77.2 Å². The van der Waals surface area contributed by atoms with Crippen molar-refractivity contribution in [3.05, 3.63) is 35.9 Å². The van der Waals surface area contributed by atoms with Gasteiger partial charge in [0.15, 0.2) is 0 Å². The molecule has 0 aliphatic heterocycles. The number of amides is 3. The topological polar surface area (TPSA) is 96.5 Å². The summed E-state index contributed by atoms with van der Waals surface area (Å²) in [5, 5.41) is 8.83. The SMILES string of the molecule is CCC(C)(NC(=O)CCNC(=O)CSCCCC(=O)NCCCOC1CCCC1)c1ccccc1. The Balaban J connectivity index is 1.45. The molecule has 7 nitrogen and oxygen atoms in total. The number of carbonyl (C=O) groups excluding carboxylic acids is 3. The maximum absolute atomic E-state index is 12.4. The van der Waals surface area contributed by atoms with Crippen LogP contribution in [0.3, 0.4) is 0 Å². The molecule has 0 heterocycles. The van der Waals surface area contributed by atoms with Crippen molar-refractivity contribution >= 4 is 29.5 Å². The zero-order valence-corrected chi connectivity index (χ0v) is 22.2. The summed E-state index contributed by atoms with van der Waals surface area (Å²) in [6.45, 7) is 5.73. The molecular formula is C27H43N3O4S. The molecule has 1 unspecified atom stereocenters. The first kappa shape index (κ1) is 29.2. The maximum atomic E-state index is 12.4. The normalized spacial score (nSPS) is 15.4. The Kier molecular flexibility index (Phi) is 13.8. The minimum Gasteiger partial charge on any atom is -0.378 e. The molecule has 35 heavy (non-hydrogen) atoms. The summed E-state index contributed by atoms with van der Waals surface area (Å²) >= 11 is 1.51. The van der Waals surface area contributed by atoms with Crippen LogP contribution in [-0.2, 0) is 24.7 Å². The van der Waals surface area contributed by atoms with Crippen LogP contribution in [0.25, 0.3) is 0 Å². The fraction of sp³-hybridized carbons (Fsp3) is 0.667. The average molecular weight is 506 g/mol. The monoisotopic (exact) mass is 505 g/mol. The lowest BCUT2D eigenvalue weighted by Crippen LogP contribution is -2.44. The van der Waals surface area contributed by atoms with Gasteiger partial charge in [-0.1, -0.05) is 50.1 Å². The molecule has 2 rings (SSSR count). The van der Waals surface area contributed by atoms with Crippen LogP contribution in [0, 0.1) is 0 Å². The molecule has 3 N–H and O–H groups in total. The Morgan fingerprint density at radius 1 is 0.971 bits per heavy atom. The lowest BCUT2D eigenvalue weighted by Gasteiger charge is -2.30. The second-order valence-electron chi connectivity index (χ2n) is 9.34. The molecule has 1 aliphatic carbocycles. The van der Waals surface area contributed by atoms with E-state index in [0.717, 1.165) is 30.6 Å². The largest absolute Gasteiger partial charge is 0.378 e. The van der Waals surface area contributed by atoms with Crippen LogP contribution in [0.4, 0.5) is 0 Å². The average Bonchev–Trinajstić information content (AvgIpc) is 3.37. The second kappa shape index (κ2) is 16.6. The highest BCUT2D eigenvalue weighted by atomic mass is 32.2. The number of hydrogen-bond acceptors (Lipinski definition) is 5. The van der Waals surface area contributed by atoms with Gasteiger partial charge in [-0.3, -0.25) is 14.4 Å². The standard InChI is InChI=1S/C27H43N3O4S/c1-3-27(2,22-11-5-4-6-12-22)30-25(32)16-18-29-26(33)21-35-20-9-15-24(31)28-17-10-19-34-23-13-7-8-14-23/h4-6,11-12,23H,3,7-10,13-21H2,1-2H3,(H,28,31)(H,29,33)(H,30,32). The van der Waals surface area contributed by atoms with Gasteiger partial charge in [0.2, 0.25) is 17.7 Å². The molecule has 0 radical (unpaired) electrons. The summed E-state index contributed by atoms with van der Waals surface area (Å²) in [6, 6.07) is 9.92. The summed E-state index contributed by atoms with van der Waals surface area (Å²) in [6.07, 6.45) is 8.37. The number of thioether (sulfide) groups is 1. The molecule has 0 aromatic heterocycles. The number of rotatable bonds is 17. The lowest BCUT2D eigenvalue weighted by atomic mass is 9.89. The highest BCUT2D eigenvalue weighted by Gasteiger charge is 2.26. The molecule has 1 saturated carbocycles. The van der Waals surface area contributed by atoms with Crippen molar-refractivity contribution in [2.45, 2.75) is 83.3 Å². The zero-order chi connectivity index (χ0) is 25.4. The van der Waals surface area contributed by atoms with Gasteiger partial charge in [-0.05, 0) is 50.3 Å². The van der Waals surface area contributed by atoms with Crippen LogP contribution in [0.15, 0.2) is 30.3 Å². The summed E-state index contributed by atoms with van der Waals surface area (Å²) in [5.74, 6) is 0.964. The van der Waals surface area contributed by atoms with E-state index in [-0.39, 0.29) is 24.1 Å². The van der Waals surface area contributed by atoms with Crippen molar-refractivity contribution in [2.75, 3.05) is 31.2 Å². The minimum absolute atomic E-state index is 0.0523. The molecule has 3 amide bonds. The van der Waals surface area contributed by atoms with E-state index in [1.165, 1.54) is 37.4 Å². The van der Waals surface area contributed by atoms with Gasteiger partial charge in [0.25, 0.3) is 0 Å². The van der Waals surface area contributed by atoms with Gasteiger partial charge < -0.3 is 20.7 Å². The minimum atomic E-state index is -0.423. The van der Waals surface area contributed by atoms with Gasteiger partial charge in [0, 0.05) is 32.5 Å². The molecule has 196 valence electrons. The van der Waals surface area contributed by atoms with Gasteiger partial charge >= 0.3 is 0 Å². The van der Waals surface area contributed by atoms with E-state index in [2.05, 4.69) is 16.0 Å². The number of ether oxygens (including phenoxy) is 1. The van der Waals surface area contributed by atoms with E-state index >= 15 is 0 Å². The fourth-order valence-corrected chi connectivity index (χ4v) is 4.88. The van der Waals surface area contributed by atoms with Gasteiger partial charge in [-0.15, -0.1) is 0 Å². The Morgan fingerprint density at radius 2 is 1.69 bits per heavy atom. The molecule has 0 saturated heterocycles. The van der Waals surface area contributed by atoms with Gasteiger partial charge in [-0.2, -0.15) is 11.8 Å². The molecule has 1 aromatic carbocycles. The highest BCUT2D eigenvalue weighted by Crippen LogP contribution is 2.24. The highest BCUT2D eigenvalue weighted by molar-refractivity contribution is 7.99. The Labute approximate surface area is 214 Å². The summed E-state index contributed by atoms with van der Waals surface area (Å²) in [4.78, 5) is 36.3. The maximum Gasteiger partial charge on any atom is 0.230 e. The first-order chi connectivity index (χ1) is 16.9. The number of carbonyl (C=O) groups is 3. The summed E-state index contributed by atoms with van der Waals surface area (Å²) in [7, 11) is 0. The Bertz CT molecular complexity index is 771. The van der Waals surface area contributed by atoms with Crippen molar-refractivity contribution in [1.82, 2.24) is 16.0 Å². The van der Waals surface area contributed by atoms with E-state index in [4.69, 9.17) is 4.74 Å². The van der Waals surface area contributed by atoms with Gasteiger partial charge in [0.1, 0.15) is 0 Å². The van der Waals surface area contributed by atoms with Gasteiger partial charge in [0.05, 0.1) is 17.4 Å². The Hall–Kier alpha value is -2.06. The zero-order valence-electron chi connectivity index (χ0n) is 21.4. The first-order valence-corrected chi connectivity index (χ1v) is 14.2. The fourth-order valence-electron chi connectivity index (χ4n) is 4.10. The predicted molar refractivity (Wildman–Crippen MR) is 142 cm³/mol. The summed E-state index contributed by atoms with van der Waals surface area (Å²) < 4.78 is 5.79. The smallest absolute Gasteiger partial charge is 0.230 e. The second-order valence-corrected chi connectivity index (χ2v) is 10.4. The number of benzene rings is 1. The van der Waals surface area contributed by atoms with Crippen molar-refractivity contribution < 1.29 is 19.1 Å². The number of hydrogen-bond donors (Lipinski definition) is 3. The molecule has 1 aliphatic rings. The number of nitrogens with one attached hydrogen (secondary N) is 3. The quantitative estimate of drug-likeness (QED) is 0.279. The third kappa shape index (κ3) is 12.0.